The second kappa shape index (κ2) is 7.65. The molecule has 104 valence electrons. The SMILES string of the molecule is CCCCN(C)C(C#N)c1ccc(OC)c(OC)c1. The van der Waals surface area contributed by atoms with Crippen LogP contribution in [0.1, 0.15) is 31.4 Å². The van der Waals surface area contributed by atoms with E-state index in [1.165, 1.54) is 0 Å². The summed E-state index contributed by atoms with van der Waals surface area (Å²) in [5, 5.41) is 9.38. The largest absolute Gasteiger partial charge is 0.493 e. The molecule has 0 saturated heterocycles. The van der Waals surface area contributed by atoms with Gasteiger partial charge in [-0.1, -0.05) is 19.4 Å². The number of rotatable bonds is 7. The Hall–Kier alpha value is -1.73. The molecule has 4 heteroatoms. The zero-order valence-electron chi connectivity index (χ0n) is 12.1. The highest BCUT2D eigenvalue weighted by Crippen LogP contribution is 2.31. The van der Waals surface area contributed by atoms with Crippen LogP contribution < -0.4 is 9.47 Å². The van der Waals surface area contributed by atoms with Gasteiger partial charge in [-0.15, -0.1) is 0 Å². The number of unbranched alkanes of at least 4 members (excludes halogenated alkanes) is 1. The van der Waals surface area contributed by atoms with Crippen molar-refractivity contribution >= 4 is 0 Å². The predicted molar refractivity (Wildman–Crippen MR) is 75.4 cm³/mol. The van der Waals surface area contributed by atoms with Crippen LogP contribution in [0.3, 0.4) is 0 Å². The highest BCUT2D eigenvalue weighted by atomic mass is 16.5. The molecule has 0 aliphatic carbocycles. The maximum absolute atomic E-state index is 9.38. The summed E-state index contributed by atoms with van der Waals surface area (Å²) in [5.41, 5.74) is 0.929. The number of benzene rings is 1. The first-order chi connectivity index (χ1) is 9.17. The Labute approximate surface area is 115 Å². The van der Waals surface area contributed by atoms with Crippen LogP contribution in [-0.4, -0.2) is 32.7 Å². The minimum Gasteiger partial charge on any atom is -0.493 e. The molecular formula is C15H22N2O2. The molecule has 0 fully saturated rings. The van der Waals surface area contributed by atoms with Gasteiger partial charge in [-0.25, -0.2) is 0 Å². The quantitative estimate of drug-likeness (QED) is 0.757. The highest BCUT2D eigenvalue weighted by molar-refractivity contribution is 5.44. The van der Waals surface area contributed by atoms with Gasteiger partial charge in [-0.3, -0.25) is 4.90 Å². The van der Waals surface area contributed by atoms with Crippen molar-refractivity contribution in [1.82, 2.24) is 4.90 Å². The third-order valence-corrected chi connectivity index (χ3v) is 3.15. The Kier molecular flexibility index (Phi) is 6.17. The summed E-state index contributed by atoms with van der Waals surface area (Å²) in [6.07, 6.45) is 2.20. The Morgan fingerprint density at radius 1 is 1.26 bits per heavy atom. The molecular weight excluding hydrogens is 240 g/mol. The summed E-state index contributed by atoms with van der Waals surface area (Å²) < 4.78 is 10.5. The van der Waals surface area contributed by atoms with E-state index in [1.54, 1.807) is 14.2 Å². The molecule has 0 spiro atoms. The van der Waals surface area contributed by atoms with Crippen LogP contribution in [0.15, 0.2) is 18.2 Å². The van der Waals surface area contributed by atoms with Gasteiger partial charge in [0.15, 0.2) is 11.5 Å². The van der Waals surface area contributed by atoms with Crippen molar-refractivity contribution in [2.75, 3.05) is 27.8 Å². The second-order valence-electron chi connectivity index (χ2n) is 4.48. The fourth-order valence-corrected chi connectivity index (χ4v) is 1.99. The van der Waals surface area contributed by atoms with E-state index in [0.29, 0.717) is 11.5 Å². The van der Waals surface area contributed by atoms with E-state index in [4.69, 9.17) is 9.47 Å². The maximum atomic E-state index is 9.38. The molecule has 1 unspecified atom stereocenters. The van der Waals surface area contributed by atoms with Gasteiger partial charge in [0.25, 0.3) is 0 Å². The zero-order chi connectivity index (χ0) is 14.3. The van der Waals surface area contributed by atoms with E-state index in [0.717, 1.165) is 24.9 Å². The summed E-state index contributed by atoms with van der Waals surface area (Å²) in [7, 11) is 5.18. The third-order valence-electron chi connectivity index (χ3n) is 3.15. The van der Waals surface area contributed by atoms with E-state index < -0.39 is 0 Å². The molecule has 1 aromatic carbocycles. The number of ether oxygens (including phenoxy) is 2. The summed E-state index contributed by atoms with van der Waals surface area (Å²) >= 11 is 0. The Morgan fingerprint density at radius 3 is 2.47 bits per heavy atom. The molecule has 1 atom stereocenters. The lowest BCUT2D eigenvalue weighted by Gasteiger charge is -2.23. The van der Waals surface area contributed by atoms with Gasteiger partial charge in [0, 0.05) is 0 Å². The standard InChI is InChI=1S/C15H22N2O2/c1-5-6-9-17(2)13(11-16)12-7-8-14(18-3)15(10-12)19-4/h7-8,10,13H,5-6,9H2,1-4H3. The molecule has 0 aliphatic rings. The molecule has 4 nitrogen and oxygen atoms in total. The normalized spacial score (nSPS) is 12.0. The lowest BCUT2D eigenvalue weighted by atomic mass is 10.1. The van der Waals surface area contributed by atoms with Crippen molar-refractivity contribution in [1.29, 1.82) is 5.26 Å². The fraction of sp³-hybridized carbons (Fsp3) is 0.533. The molecule has 0 N–H and O–H groups in total. The highest BCUT2D eigenvalue weighted by Gasteiger charge is 2.17. The molecule has 0 saturated carbocycles. The smallest absolute Gasteiger partial charge is 0.161 e. The van der Waals surface area contributed by atoms with Crippen LogP contribution in [0, 0.1) is 11.3 Å². The van der Waals surface area contributed by atoms with Crippen molar-refractivity contribution in [3.63, 3.8) is 0 Å². The topological polar surface area (TPSA) is 45.5 Å². The Bertz CT molecular complexity index is 440. The summed E-state index contributed by atoms with van der Waals surface area (Å²) in [4.78, 5) is 2.06. The van der Waals surface area contributed by atoms with E-state index in [9.17, 15) is 5.26 Å². The van der Waals surface area contributed by atoms with Crippen molar-refractivity contribution < 1.29 is 9.47 Å². The lowest BCUT2D eigenvalue weighted by molar-refractivity contribution is 0.285. The first kappa shape index (κ1) is 15.3. The predicted octanol–water partition coefficient (Wildman–Crippen LogP) is 3.00. The molecule has 0 radical (unpaired) electrons. The van der Waals surface area contributed by atoms with Gasteiger partial charge in [-0.2, -0.15) is 5.26 Å². The van der Waals surface area contributed by atoms with E-state index in [2.05, 4.69) is 17.9 Å². The van der Waals surface area contributed by atoms with E-state index in [-0.39, 0.29) is 6.04 Å². The lowest BCUT2D eigenvalue weighted by Crippen LogP contribution is -2.24. The Morgan fingerprint density at radius 2 is 1.95 bits per heavy atom. The molecule has 0 aliphatic heterocycles. The van der Waals surface area contributed by atoms with E-state index in [1.807, 2.05) is 25.2 Å². The van der Waals surface area contributed by atoms with Gasteiger partial charge < -0.3 is 9.47 Å². The van der Waals surface area contributed by atoms with Gasteiger partial charge >= 0.3 is 0 Å². The van der Waals surface area contributed by atoms with Crippen LogP contribution >= 0.6 is 0 Å². The van der Waals surface area contributed by atoms with Crippen molar-refractivity contribution in [2.24, 2.45) is 0 Å². The fourth-order valence-electron chi connectivity index (χ4n) is 1.99. The summed E-state index contributed by atoms with van der Waals surface area (Å²) in [5.74, 6) is 1.34. The third kappa shape index (κ3) is 3.87. The van der Waals surface area contributed by atoms with Crippen LogP contribution in [0.4, 0.5) is 0 Å². The molecule has 1 aromatic rings. The average molecular weight is 262 g/mol. The van der Waals surface area contributed by atoms with Crippen LogP contribution in [0.25, 0.3) is 0 Å². The van der Waals surface area contributed by atoms with Crippen LogP contribution in [0.5, 0.6) is 11.5 Å². The van der Waals surface area contributed by atoms with Gasteiger partial charge in [-0.05, 0) is 37.7 Å². The number of hydrogen-bond acceptors (Lipinski definition) is 4. The first-order valence-electron chi connectivity index (χ1n) is 6.49. The number of nitriles is 1. The minimum atomic E-state index is -0.258. The second-order valence-corrected chi connectivity index (χ2v) is 4.48. The molecule has 0 amide bonds. The van der Waals surface area contributed by atoms with Crippen molar-refractivity contribution in [2.45, 2.75) is 25.8 Å². The Balaban J connectivity index is 2.96. The van der Waals surface area contributed by atoms with Crippen LogP contribution in [0.2, 0.25) is 0 Å². The summed E-state index contributed by atoms with van der Waals surface area (Å²) in [6.45, 7) is 3.05. The number of nitrogens with zero attached hydrogens (tertiary/aromatic N) is 2. The monoisotopic (exact) mass is 262 g/mol. The van der Waals surface area contributed by atoms with Crippen LogP contribution in [-0.2, 0) is 0 Å². The van der Waals surface area contributed by atoms with Crippen molar-refractivity contribution in [3.8, 4) is 17.6 Å². The minimum absolute atomic E-state index is 0.258. The summed E-state index contributed by atoms with van der Waals surface area (Å²) in [6, 6.07) is 7.71. The van der Waals surface area contributed by atoms with Gasteiger partial charge in [0.1, 0.15) is 6.04 Å². The number of hydrogen-bond donors (Lipinski definition) is 0. The van der Waals surface area contributed by atoms with Gasteiger partial charge in [0.2, 0.25) is 0 Å². The maximum Gasteiger partial charge on any atom is 0.161 e. The van der Waals surface area contributed by atoms with E-state index >= 15 is 0 Å². The van der Waals surface area contributed by atoms with Crippen molar-refractivity contribution in [3.05, 3.63) is 23.8 Å². The average Bonchev–Trinajstić information content (AvgIpc) is 2.45. The van der Waals surface area contributed by atoms with Gasteiger partial charge in [0.05, 0.1) is 20.3 Å². The zero-order valence-corrected chi connectivity index (χ0v) is 12.1. The first-order valence-corrected chi connectivity index (χ1v) is 6.49. The molecule has 1 rings (SSSR count). The molecule has 0 aromatic heterocycles. The molecule has 0 bridgehead atoms. The molecule has 0 heterocycles. The molecule has 19 heavy (non-hydrogen) atoms. The number of methoxy groups -OCH3 is 2.